The summed E-state index contributed by atoms with van der Waals surface area (Å²) >= 11 is 6.01. The number of rotatable bonds is 4. The van der Waals surface area contributed by atoms with Crippen molar-refractivity contribution in [2.75, 3.05) is 19.1 Å². The Bertz CT molecular complexity index is 1280. The Kier molecular flexibility index (Phi) is 5.44. The molecule has 2 bridgehead atoms. The van der Waals surface area contributed by atoms with Crippen LogP contribution >= 0.6 is 12.2 Å². The number of ether oxygens (including phenoxy) is 3. The normalized spacial score (nSPS) is 20.9. The molecular weight excluding hydrogens is 448 g/mol. The van der Waals surface area contributed by atoms with Crippen molar-refractivity contribution in [2.24, 2.45) is 0 Å². The van der Waals surface area contributed by atoms with Gasteiger partial charge in [-0.3, -0.25) is 14.6 Å². The molecule has 1 saturated heterocycles. The summed E-state index contributed by atoms with van der Waals surface area (Å²) in [6.45, 7) is 4.04. The summed E-state index contributed by atoms with van der Waals surface area (Å²) in [5.74, 6) is 1.53. The molecule has 1 fully saturated rings. The predicted molar refractivity (Wildman–Crippen MR) is 135 cm³/mol. The van der Waals surface area contributed by atoms with Crippen LogP contribution in [-0.4, -0.2) is 35.9 Å². The fourth-order valence-electron chi connectivity index (χ4n) is 4.86. The van der Waals surface area contributed by atoms with Gasteiger partial charge in [0.25, 0.3) is 5.91 Å². The molecule has 6 nitrogen and oxygen atoms in total. The first-order chi connectivity index (χ1) is 16.4. The van der Waals surface area contributed by atoms with Crippen molar-refractivity contribution >= 4 is 28.9 Å². The fraction of sp³-hybridized carbons (Fsp3) is 0.259. The molecule has 0 aliphatic carbocycles. The number of anilines is 1. The molecule has 0 N–H and O–H groups in total. The summed E-state index contributed by atoms with van der Waals surface area (Å²) in [7, 11) is 3.18. The number of hydrogen-bond donors (Lipinski definition) is 0. The van der Waals surface area contributed by atoms with Crippen LogP contribution in [0, 0.1) is 6.92 Å². The smallest absolute Gasteiger partial charge is 0.264 e. The summed E-state index contributed by atoms with van der Waals surface area (Å²) in [6, 6.07) is 20.7. The lowest BCUT2D eigenvalue weighted by atomic mass is 9.88. The monoisotopic (exact) mass is 474 g/mol. The van der Waals surface area contributed by atoms with Crippen molar-refractivity contribution in [2.45, 2.75) is 32.0 Å². The van der Waals surface area contributed by atoms with Gasteiger partial charge in [-0.05, 0) is 56.4 Å². The largest absolute Gasteiger partial charge is 0.496 e. The van der Waals surface area contributed by atoms with Gasteiger partial charge in [0, 0.05) is 17.7 Å². The number of para-hydroxylation sites is 2. The highest BCUT2D eigenvalue weighted by molar-refractivity contribution is 7.80. The van der Waals surface area contributed by atoms with E-state index in [1.165, 1.54) is 0 Å². The third kappa shape index (κ3) is 3.39. The van der Waals surface area contributed by atoms with Crippen LogP contribution in [0.15, 0.2) is 66.7 Å². The van der Waals surface area contributed by atoms with Crippen LogP contribution in [0.25, 0.3) is 0 Å². The number of carbonyl (C=O) groups is 1. The van der Waals surface area contributed by atoms with E-state index in [-0.39, 0.29) is 11.9 Å². The van der Waals surface area contributed by atoms with Gasteiger partial charge in [-0.1, -0.05) is 42.0 Å². The minimum Gasteiger partial charge on any atom is -0.496 e. The lowest BCUT2D eigenvalue weighted by Gasteiger charge is -2.55. The quantitative estimate of drug-likeness (QED) is 0.466. The highest BCUT2D eigenvalue weighted by Crippen LogP contribution is 2.52. The van der Waals surface area contributed by atoms with E-state index in [0.29, 0.717) is 34.3 Å². The molecule has 3 aromatic carbocycles. The van der Waals surface area contributed by atoms with Gasteiger partial charge < -0.3 is 14.2 Å². The van der Waals surface area contributed by atoms with Crippen LogP contribution in [0.3, 0.4) is 0 Å². The van der Waals surface area contributed by atoms with E-state index in [1.807, 2.05) is 73.3 Å². The zero-order chi connectivity index (χ0) is 24.0. The molecule has 0 saturated carbocycles. The van der Waals surface area contributed by atoms with Gasteiger partial charge >= 0.3 is 0 Å². The molecule has 2 aliphatic heterocycles. The molecule has 2 heterocycles. The SMILES string of the molecule is COc1ccccc1C(=O)N1C(=S)N(c2ccc(C)cc2)C2(C)CC1c1cccc(OC)c1O2. The number of fused-ring (bicyclic) bond motifs is 4. The molecule has 2 atom stereocenters. The molecule has 174 valence electrons. The number of methoxy groups -OCH3 is 2. The van der Waals surface area contributed by atoms with Gasteiger partial charge in [-0.15, -0.1) is 0 Å². The van der Waals surface area contributed by atoms with E-state index < -0.39 is 5.72 Å². The average molecular weight is 475 g/mol. The van der Waals surface area contributed by atoms with Crippen molar-refractivity contribution in [3.63, 3.8) is 0 Å². The van der Waals surface area contributed by atoms with Crippen LogP contribution in [0.5, 0.6) is 17.2 Å². The molecule has 34 heavy (non-hydrogen) atoms. The van der Waals surface area contributed by atoms with Gasteiger partial charge in [-0.25, -0.2) is 0 Å². The second-order valence-electron chi connectivity index (χ2n) is 8.70. The van der Waals surface area contributed by atoms with Gasteiger partial charge in [0.2, 0.25) is 0 Å². The van der Waals surface area contributed by atoms with E-state index in [0.717, 1.165) is 16.8 Å². The minimum absolute atomic E-state index is 0.220. The second kappa shape index (κ2) is 8.33. The maximum absolute atomic E-state index is 14.0. The Labute approximate surface area is 204 Å². The van der Waals surface area contributed by atoms with E-state index in [4.69, 9.17) is 26.4 Å². The van der Waals surface area contributed by atoms with Crippen LogP contribution in [0.4, 0.5) is 5.69 Å². The molecule has 2 unspecified atom stereocenters. The lowest BCUT2D eigenvalue weighted by Crippen LogP contribution is -2.67. The fourth-order valence-corrected chi connectivity index (χ4v) is 5.37. The van der Waals surface area contributed by atoms with Crippen molar-refractivity contribution in [3.8, 4) is 17.2 Å². The molecule has 0 radical (unpaired) electrons. The van der Waals surface area contributed by atoms with Gasteiger partial charge in [-0.2, -0.15) is 0 Å². The van der Waals surface area contributed by atoms with E-state index in [9.17, 15) is 4.79 Å². The third-order valence-corrected chi connectivity index (χ3v) is 6.89. The Balaban J connectivity index is 1.71. The maximum Gasteiger partial charge on any atom is 0.264 e. The second-order valence-corrected chi connectivity index (χ2v) is 9.07. The molecular formula is C27H26N2O4S. The first-order valence-corrected chi connectivity index (χ1v) is 11.5. The highest BCUT2D eigenvalue weighted by Gasteiger charge is 2.54. The van der Waals surface area contributed by atoms with Crippen LogP contribution in [0.2, 0.25) is 0 Å². The topological polar surface area (TPSA) is 51.2 Å². The molecule has 0 aromatic heterocycles. The van der Waals surface area contributed by atoms with Crippen LogP contribution < -0.4 is 19.1 Å². The summed E-state index contributed by atoms with van der Waals surface area (Å²) in [5.41, 5.74) is 2.50. The molecule has 7 heteroatoms. The number of nitrogens with zero attached hydrogens (tertiary/aromatic N) is 2. The van der Waals surface area contributed by atoms with Crippen molar-refractivity contribution < 1.29 is 19.0 Å². The number of thiocarbonyl (C=S) groups is 1. The Morgan fingerprint density at radius 2 is 1.68 bits per heavy atom. The summed E-state index contributed by atoms with van der Waals surface area (Å²) in [4.78, 5) is 17.7. The van der Waals surface area contributed by atoms with Crippen molar-refractivity contribution in [3.05, 3.63) is 83.4 Å². The number of carbonyl (C=O) groups excluding carboxylic acids is 1. The zero-order valence-electron chi connectivity index (χ0n) is 19.6. The Morgan fingerprint density at radius 3 is 2.38 bits per heavy atom. The number of aryl methyl sites for hydroxylation is 1. The van der Waals surface area contributed by atoms with Crippen molar-refractivity contribution in [1.82, 2.24) is 4.90 Å². The predicted octanol–water partition coefficient (Wildman–Crippen LogP) is 5.50. The highest BCUT2D eigenvalue weighted by atomic mass is 32.1. The van der Waals surface area contributed by atoms with Crippen molar-refractivity contribution in [1.29, 1.82) is 0 Å². The number of benzene rings is 3. The minimum atomic E-state index is -0.809. The van der Waals surface area contributed by atoms with E-state index in [1.54, 1.807) is 31.3 Å². The Morgan fingerprint density at radius 1 is 1.00 bits per heavy atom. The molecule has 1 amide bonds. The standard InChI is InChI=1S/C27H26N2O4S/c1-17-12-14-18(15-13-17)29-26(34)28(25(30)20-8-5-6-10-22(20)31-3)21-16-27(29,2)33-24-19(21)9-7-11-23(24)32-4/h5-15,21H,16H2,1-4H3. The molecule has 0 spiro atoms. The van der Waals surface area contributed by atoms with E-state index in [2.05, 4.69) is 0 Å². The Hall–Kier alpha value is -3.58. The summed E-state index contributed by atoms with van der Waals surface area (Å²) in [5, 5.41) is 0.381. The third-order valence-electron chi connectivity index (χ3n) is 6.51. The van der Waals surface area contributed by atoms with Crippen LogP contribution in [0.1, 0.15) is 40.9 Å². The number of amides is 1. The van der Waals surface area contributed by atoms with Gasteiger partial charge in [0.15, 0.2) is 22.3 Å². The molecule has 2 aliphatic rings. The molecule has 5 rings (SSSR count). The summed E-state index contributed by atoms with van der Waals surface area (Å²) < 4.78 is 17.7. The number of hydrogen-bond acceptors (Lipinski definition) is 5. The lowest BCUT2D eigenvalue weighted by molar-refractivity contribution is 0.0161. The molecule has 3 aromatic rings. The van der Waals surface area contributed by atoms with Gasteiger partial charge in [0.05, 0.1) is 25.8 Å². The summed E-state index contributed by atoms with van der Waals surface area (Å²) in [6.07, 6.45) is 0.530. The maximum atomic E-state index is 14.0. The first-order valence-electron chi connectivity index (χ1n) is 11.1. The zero-order valence-corrected chi connectivity index (χ0v) is 20.4. The first kappa shape index (κ1) is 22.2. The average Bonchev–Trinajstić information content (AvgIpc) is 2.84. The van der Waals surface area contributed by atoms with E-state index >= 15 is 0 Å². The van der Waals surface area contributed by atoms with Crippen LogP contribution in [-0.2, 0) is 0 Å². The van der Waals surface area contributed by atoms with Gasteiger partial charge in [0.1, 0.15) is 5.75 Å².